The molecule has 5 amide bonds. The Morgan fingerprint density at radius 3 is 2.57 bits per heavy atom. The highest BCUT2D eigenvalue weighted by Gasteiger charge is 2.63. The van der Waals surface area contributed by atoms with Crippen molar-refractivity contribution in [3.63, 3.8) is 0 Å². The fraction of sp³-hybridized carbons (Fsp3) is 0.605. The van der Waals surface area contributed by atoms with Crippen molar-refractivity contribution in [3.8, 4) is 11.6 Å². The van der Waals surface area contributed by atoms with Crippen molar-refractivity contribution in [1.29, 1.82) is 0 Å². The predicted octanol–water partition coefficient (Wildman–Crippen LogP) is 3.85. The number of amides is 5. The number of pyridine rings is 1. The number of nitrogens with one attached hydrogen (secondary N) is 3. The van der Waals surface area contributed by atoms with E-state index >= 15 is 0 Å². The number of urea groups is 1. The summed E-state index contributed by atoms with van der Waals surface area (Å²) in [5.74, 6) is -2.32. The van der Waals surface area contributed by atoms with Gasteiger partial charge >= 0.3 is 6.03 Å². The average molecular weight is 771 g/mol. The van der Waals surface area contributed by atoms with E-state index in [0.29, 0.717) is 54.3 Å². The van der Waals surface area contributed by atoms with Crippen LogP contribution in [0.25, 0.3) is 10.9 Å². The Balaban J connectivity index is 1.35. The van der Waals surface area contributed by atoms with Gasteiger partial charge in [-0.05, 0) is 78.4 Å². The Morgan fingerprint density at radius 2 is 1.89 bits per heavy atom. The molecule has 2 aliphatic carbocycles. The second kappa shape index (κ2) is 15.0. The molecule has 14 nitrogen and oxygen atoms in total. The molecule has 0 bridgehead atoms. The topological polar surface area (TPSA) is 176 Å². The minimum absolute atomic E-state index is 0.00482. The molecule has 3 fully saturated rings. The fourth-order valence-corrected chi connectivity index (χ4v) is 8.47. The summed E-state index contributed by atoms with van der Waals surface area (Å²) in [4.78, 5) is 62.8. The number of carbonyl (C=O) groups excluding carboxylic acids is 4. The molecule has 54 heavy (non-hydrogen) atoms. The molecular formula is C38H51FN6O8S. The molecule has 2 aromatic rings. The van der Waals surface area contributed by atoms with E-state index in [4.69, 9.17) is 9.47 Å². The molecule has 6 rings (SSSR count). The average Bonchev–Trinajstić information content (AvgIpc) is 3.98. The van der Waals surface area contributed by atoms with Crippen LogP contribution in [-0.4, -0.2) is 102 Å². The van der Waals surface area contributed by atoms with Gasteiger partial charge in [0.2, 0.25) is 27.7 Å². The summed E-state index contributed by atoms with van der Waals surface area (Å²) in [7, 11) is -0.866. The maximum Gasteiger partial charge on any atom is 0.317 e. The van der Waals surface area contributed by atoms with Crippen LogP contribution in [0.1, 0.15) is 84.1 Å². The monoisotopic (exact) mass is 770 g/mol. The van der Waals surface area contributed by atoms with Crippen LogP contribution in [0.15, 0.2) is 30.4 Å². The SMILES string of the molecule is Cc1c(F)ccc2c(OC3CC4C(=O)NC5(C(=O)NS(=O)(=O)C6(C)CC6)CC5C=CCCCCCC(NC(=O)N(C)C)C(=O)N4C3)cc(OC(C)C)nc12. The molecule has 0 radical (unpaired) electrons. The van der Waals surface area contributed by atoms with Gasteiger partial charge in [0, 0.05) is 43.5 Å². The predicted molar refractivity (Wildman–Crippen MR) is 199 cm³/mol. The number of sulfonamides is 1. The third-order valence-electron chi connectivity index (χ3n) is 10.9. The van der Waals surface area contributed by atoms with Crippen LogP contribution in [-0.2, 0) is 24.4 Å². The highest BCUT2D eigenvalue weighted by molar-refractivity contribution is 7.91. The number of hydrogen-bond acceptors (Lipinski definition) is 9. The van der Waals surface area contributed by atoms with Crippen molar-refractivity contribution >= 4 is 44.7 Å². The van der Waals surface area contributed by atoms with Gasteiger partial charge in [0.15, 0.2) is 0 Å². The number of hydrogen-bond donors (Lipinski definition) is 3. The second-order valence-corrected chi connectivity index (χ2v) is 18.0. The van der Waals surface area contributed by atoms with Gasteiger partial charge in [-0.3, -0.25) is 19.1 Å². The van der Waals surface area contributed by atoms with Gasteiger partial charge in [-0.25, -0.2) is 22.6 Å². The number of halogens is 1. The largest absolute Gasteiger partial charge is 0.488 e. The molecule has 4 aliphatic rings. The van der Waals surface area contributed by atoms with Crippen molar-refractivity contribution in [2.45, 2.75) is 120 Å². The molecule has 16 heteroatoms. The van der Waals surface area contributed by atoms with Gasteiger partial charge in [0.05, 0.1) is 22.9 Å². The van der Waals surface area contributed by atoms with E-state index in [1.165, 1.54) is 15.9 Å². The summed E-state index contributed by atoms with van der Waals surface area (Å²) in [5, 5.41) is 6.20. The number of allylic oxidation sites excluding steroid dienone is 1. The maximum atomic E-state index is 14.7. The Hall–Kier alpha value is -4.47. The minimum atomic E-state index is -4.00. The van der Waals surface area contributed by atoms with Crippen LogP contribution >= 0.6 is 0 Å². The summed E-state index contributed by atoms with van der Waals surface area (Å²) in [5.41, 5.74) is -0.898. The lowest BCUT2D eigenvalue weighted by Crippen LogP contribution is -2.59. The van der Waals surface area contributed by atoms with E-state index in [2.05, 4.69) is 20.3 Å². The van der Waals surface area contributed by atoms with Crippen LogP contribution in [0, 0.1) is 18.7 Å². The molecule has 5 unspecified atom stereocenters. The molecule has 1 saturated heterocycles. The molecule has 3 heterocycles. The van der Waals surface area contributed by atoms with Gasteiger partial charge in [-0.15, -0.1) is 0 Å². The van der Waals surface area contributed by atoms with Crippen molar-refractivity contribution in [1.82, 2.24) is 30.1 Å². The summed E-state index contributed by atoms with van der Waals surface area (Å²) in [6.45, 7) is 6.79. The normalized spacial score (nSPS) is 26.9. The highest BCUT2D eigenvalue weighted by Crippen LogP contribution is 2.47. The first-order valence-electron chi connectivity index (χ1n) is 18.7. The number of fused-ring (bicyclic) bond motifs is 3. The number of benzene rings is 1. The zero-order valence-corrected chi connectivity index (χ0v) is 32.6. The summed E-state index contributed by atoms with van der Waals surface area (Å²) in [6, 6.07) is 1.90. The molecule has 1 aromatic carbocycles. The Bertz CT molecular complexity index is 1970. The van der Waals surface area contributed by atoms with Gasteiger partial charge in [-0.1, -0.05) is 25.0 Å². The van der Waals surface area contributed by atoms with E-state index in [1.807, 2.05) is 26.0 Å². The van der Waals surface area contributed by atoms with E-state index in [9.17, 15) is 32.0 Å². The summed E-state index contributed by atoms with van der Waals surface area (Å²) >= 11 is 0. The van der Waals surface area contributed by atoms with Crippen molar-refractivity contribution < 1.29 is 41.5 Å². The highest BCUT2D eigenvalue weighted by atomic mass is 32.2. The van der Waals surface area contributed by atoms with E-state index in [0.717, 1.165) is 12.8 Å². The van der Waals surface area contributed by atoms with Gasteiger partial charge in [0.25, 0.3) is 5.91 Å². The van der Waals surface area contributed by atoms with Crippen LogP contribution in [0.2, 0.25) is 0 Å². The van der Waals surface area contributed by atoms with Crippen LogP contribution in [0.4, 0.5) is 9.18 Å². The first kappa shape index (κ1) is 39.2. The van der Waals surface area contributed by atoms with Gasteiger partial charge in [0.1, 0.15) is 35.3 Å². The lowest BCUT2D eigenvalue weighted by molar-refractivity contribution is -0.141. The lowest BCUT2D eigenvalue weighted by Gasteiger charge is -2.30. The Kier molecular flexibility index (Phi) is 10.9. The standard InChI is InChI=1S/C38H51FN6O8S/c1-22(2)52-31-19-30(26-14-15-27(39)23(3)32(26)41-31)53-25-18-29-33(46)42-38(35(48)43-54(50,51)37(4)16-17-37)20-24(38)12-10-8-7-9-11-13-28(34(47)45(29)21-25)40-36(49)44(5)6/h10,12,14-15,19,22,24-25,28-29H,7-9,11,13,16-18,20-21H2,1-6H3,(H,40,49)(H,42,46)(H,43,48). The van der Waals surface area contributed by atoms with Crippen LogP contribution in [0.3, 0.4) is 0 Å². The van der Waals surface area contributed by atoms with Gasteiger partial charge in [-0.2, -0.15) is 0 Å². The maximum absolute atomic E-state index is 14.7. The van der Waals surface area contributed by atoms with Crippen LogP contribution < -0.4 is 24.8 Å². The Morgan fingerprint density at radius 1 is 1.15 bits per heavy atom. The Labute approximate surface area is 315 Å². The lowest BCUT2D eigenvalue weighted by atomic mass is 10.0. The number of nitrogens with zero attached hydrogens (tertiary/aromatic N) is 3. The summed E-state index contributed by atoms with van der Waals surface area (Å²) in [6.07, 6.45) is 7.04. The quantitative estimate of drug-likeness (QED) is 0.337. The third kappa shape index (κ3) is 7.98. The number of carbonyl (C=O) groups is 4. The smallest absolute Gasteiger partial charge is 0.317 e. The number of aromatic nitrogens is 1. The molecular weight excluding hydrogens is 720 g/mol. The minimum Gasteiger partial charge on any atom is -0.488 e. The van der Waals surface area contributed by atoms with Crippen molar-refractivity contribution in [2.24, 2.45) is 5.92 Å². The number of aryl methyl sites for hydroxylation is 1. The number of ether oxygens (including phenoxy) is 2. The zero-order valence-electron chi connectivity index (χ0n) is 31.7. The zero-order chi connectivity index (χ0) is 39.2. The number of rotatable bonds is 8. The van der Waals surface area contributed by atoms with Crippen molar-refractivity contribution in [2.75, 3.05) is 20.6 Å². The van der Waals surface area contributed by atoms with E-state index in [1.54, 1.807) is 40.1 Å². The van der Waals surface area contributed by atoms with E-state index < -0.39 is 74.0 Å². The molecule has 5 atom stereocenters. The third-order valence-corrected chi connectivity index (χ3v) is 13.1. The molecule has 0 spiro atoms. The molecule has 294 valence electrons. The van der Waals surface area contributed by atoms with E-state index in [-0.39, 0.29) is 31.4 Å². The molecule has 1 aromatic heterocycles. The molecule has 3 N–H and O–H groups in total. The van der Waals surface area contributed by atoms with Crippen LogP contribution in [0.5, 0.6) is 11.6 Å². The summed E-state index contributed by atoms with van der Waals surface area (Å²) < 4.78 is 54.6. The molecule has 2 saturated carbocycles. The van der Waals surface area contributed by atoms with Gasteiger partial charge < -0.3 is 29.9 Å². The van der Waals surface area contributed by atoms with Crippen molar-refractivity contribution in [3.05, 3.63) is 41.7 Å². The second-order valence-electron chi connectivity index (χ2n) is 15.8. The fourth-order valence-electron chi connectivity index (χ4n) is 7.15. The first-order chi connectivity index (χ1) is 25.4. The first-order valence-corrected chi connectivity index (χ1v) is 20.2. The molecule has 2 aliphatic heterocycles.